The third-order valence-electron chi connectivity index (χ3n) is 6.09. The summed E-state index contributed by atoms with van der Waals surface area (Å²) < 4.78 is 28.9. The number of amides is 1. The molecule has 30 heavy (non-hydrogen) atoms. The van der Waals surface area contributed by atoms with Crippen LogP contribution in [0.4, 0.5) is 0 Å². The van der Waals surface area contributed by atoms with Crippen molar-refractivity contribution < 1.29 is 13.2 Å². The fourth-order valence-corrected chi connectivity index (χ4v) is 5.78. The van der Waals surface area contributed by atoms with Crippen molar-refractivity contribution in [1.29, 1.82) is 0 Å². The van der Waals surface area contributed by atoms with Crippen LogP contribution in [-0.2, 0) is 14.8 Å². The van der Waals surface area contributed by atoms with Gasteiger partial charge in [0.2, 0.25) is 5.91 Å². The lowest BCUT2D eigenvalue weighted by molar-refractivity contribution is -0.134. The predicted molar refractivity (Wildman–Crippen MR) is 116 cm³/mol. The summed E-state index contributed by atoms with van der Waals surface area (Å²) in [6.45, 7) is 1.89. The summed E-state index contributed by atoms with van der Waals surface area (Å²) in [6, 6.07) is 16.7. The molecule has 2 aromatic carbocycles. The van der Waals surface area contributed by atoms with Crippen molar-refractivity contribution in [2.45, 2.75) is 30.2 Å². The fourth-order valence-electron chi connectivity index (χ4n) is 4.57. The SMILES string of the molecule is O=C([C@@H]1CCCN1C1=NS(=O)(=O)c2ccccc21)N1CC=C(c2ccccc2)CC1. The monoisotopic (exact) mass is 421 g/mol. The number of carbonyl (C=O) groups excluding carboxylic acids is 1. The summed E-state index contributed by atoms with van der Waals surface area (Å²) in [7, 11) is -3.69. The molecule has 0 aliphatic carbocycles. The van der Waals surface area contributed by atoms with Crippen molar-refractivity contribution in [1.82, 2.24) is 9.80 Å². The highest BCUT2D eigenvalue weighted by Gasteiger charge is 2.40. The topological polar surface area (TPSA) is 70.0 Å². The van der Waals surface area contributed by atoms with Crippen LogP contribution in [0.5, 0.6) is 0 Å². The van der Waals surface area contributed by atoms with Gasteiger partial charge in [-0.15, -0.1) is 4.40 Å². The summed E-state index contributed by atoms with van der Waals surface area (Å²) in [5.74, 6) is 0.472. The molecule has 0 unspecified atom stereocenters. The van der Waals surface area contributed by atoms with Crippen molar-refractivity contribution in [2.75, 3.05) is 19.6 Å². The Morgan fingerprint density at radius 2 is 1.77 bits per heavy atom. The number of nitrogens with zero attached hydrogens (tertiary/aromatic N) is 3. The molecule has 3 aliphatic rings. The van der Waals surface area contributed by atoms with Crippen LogP contribution in [-0.4, -0.2) is 55.6 Å². The second kappa shape index (κ2) is 7.40. The number of fused-ring (bicyclic) bond motifs is 1. The Labute approximate surface area is 176 Å². The zero-order valence-corrected chi connectivity index (χ0v) is 17.4. The average Bonchev–Trinajstić information content (AvgIpc) is 3.37. The molecule has 0 bridgehead atoms. The minimum atomic E-state index is -3.69. The Kier molecular flexibility index (Phi) is 4.70. The van der Waals surface area contributed by atoms with Crippen LogP contribution in [0.2, 0.25) is 0 Å². The maximum absolute atomic E-state index is 13.3. The standard InChI is InChI=1S/C23H23N3O3S/c27-23(25-15-12-18(13-16-25)17-7-2-1-3-8-17)20-10-6-14-26(20)22-19-9-4-5-11-21(19)30(28,29)24-22/h1-5,7-9,11-12,20H,6,10,13-16H2/t20-/m0/s1. The summed E-state index contributed by atoms with van der Waals surface area (Å²) in [5, 5.41) is 0. The van der Waals surface area contributed by atoms with Crippen LogP contribution < -0.4 is 0 Å². The van der Waals surface area contributed by atoms with E-state index in [1.807, 2.05) is 34.1 Å². The molecule has 0 saturated carbocycles. The van der Waals surface area contributed by atoms with E-state index in [1.165, 1.54) is 11.1 Å². The molecule has 1 fully saturated rings. The third kappa shape index (κ3) is 3.23. The smallest absolute Gasteiger partial charge is 0.285 e. The number of amidine groups is 1. The van der Waals surface area contributed by atoms with E-state index in [4.69, 9.17) is 0 Å². The molecule has 154 valence electrons. The molecule has 6 nitrogen and oxygen atoms in total. The molecule has 2 aromatic rings. The minimum Gasteiger partial charge on any atom is -0.343 e. The quantitative estimate of drug-likeness (QED) is 0.748. The lowest BCUT2D eigenvalue weighted by Gasteiger charge is -2.33. The highest BCUT2D eigenvalue weighted by atomic mass is 32.2. The van der Waals surface area contributed by atoms with Crippen molar-refractivity contribution in [2.24, 2.45) is 4.40 Å². The molecule has 5 rings (SSSR count). The van der Waals surface area contributed by atoms with Gasteiger partial charge in [-0.2, -0.15) is 8.42 Å². The number of hydrogen-bond acceptors (Lipinski definition) is 4. The van der Waals surface area contributed by atoms with Gasteiger partial charge in [0.25, 0.3) is 10.0 Å². The number of likely N-dealkylation sites (tertiary alicyclic amines) is 1. The lowest BCUT2D eigenvalue weighted by atomic mass is 9.99. The van der Waals surface area contributed by atoms with Gasteiger partial charge in [0.05, 0.1) is 0 Å². The van der Waals surface area contributed by atoms with Crippen LogP contribution in [0.1, 0.15) is 30.4 Å². The summed E-state index contributed by atoms with van der Waals surface area (Å²) in [4.78, 5) is 17.3. The van der Waals surface area contributed by atoms with Gasteiger partial charge in [0, 0.05) is 25.2 Å². The van der Waals surface area contributed by atoms with Crippen LogP contribution >= 0.6 is 0 Å². The lowest BCUT2D eigenvalue weighted by Crippen LogP contribution is -2.48. The van der Waals surface area contributed by atoms with E-state index in [0.717, 1.165) is 12.8 Å². The first-order valence-electron chi connectivity index (χ1n) is 10.3. The molecule has 1 atom stereocenters. The van der Waals surface area contributed by atoms with Gasteiger partial charge < -0.3 is 9.80 Å². The first-order chi connectivity index (χ1) is 14.5. The molecule has 1 amide bonds. The van der Waals surface area contributed by atoms with Crippen molar-refractivity contribution in [3.8, 4) is 0 Å². The highest BCUT2D eigenvalue weighted by molar-refractivity contribution is 7.90. The van der Waals surface area contributed by atoms with Crippen LogP contribution in [0.15, 0.2) is 70.0 Å². The Morgan fingerprint density at radius 3 is 2.53 bits per heavy atom. The molecule has 3 aliphatic heterocycles. The van der Waals surface area contributed by atoms with E-state index in [2.05, 4.69) is 22.6 Å². The first-order valence-corrected chi connectivity index (χ1v) is 11.7. The number of carbonyl (C=O) groups is 1. The van der Waals surface area contributed by atoms with Crippen molar-refractivity contribution >= 4 is 27.3 Å². The van der Waals surface area contributed by atoms with Crippen molar-refractivity contribution in [3.63, 3.8) is 0 Å². The van der Waals surface area contributed by atoms with Crippen LogP contribution in [0.25, 0.3) is 5.57 Å². The van der Waals surface area contributed by atoms with Crippen LogP contribution in [0.3, 0.4) is 0 Å². The molecule has 7 heteroatoms. The van der Waals surface area contributed by atoms with Gasteiger partial charge in [0.15, 0.2) is 5.84 Å². The van der Waals surface area contributed by atoms with Crippen LogP contribution in [0, 0.1) is 0 Å². The van der Waals surface area contributed by atoms with E-state index in [0.29, 0.717) is 37.5 Å². The minimum absolute atomic E-state index is 0.0559. The van der Waals surface area contributed by atoms with Crippen molar-refractivity contribution in [3.05, 3.63) is 71.8 Å². The van der Waals surface area contributed by atoms with E-state index < -0.39 is 10.0 Å². The Bertz CT molecular complexity index is 1160. The molecule has 0 spiro atoms. The molecule has 0 radical (unpaired) electrons. The second-order valence-electron chi connectivity index (χ2n) is 7.87. The first kappa shape index (κ1) is 19.1. The molecule has 1 saturated heterocycles. The molecular formula is C23H23N3O3S. The van der Waals surface area contributed by atoms with E-state index >= 15 is 0 Å². The Balaban J connectivity index is 1.37. The van der Waals surface area contributed by atoms with E-state index in [1.54, 1.807) is 18.2 Å². The normalized spacial score (nSPS) is 22.5. The van der Waals surface area contributed by atoms with Gasteiger partial charge in [-0.1, -0.05) is 48.5 Å². The molecule has 0 aromatic heterocycles. The second-order valence-corrected chi connectivity index (χ2v) is 9.44. The largest absolute Gasteiger partial charge is 0.343 e. The molecule has 3 heterocycles. The number of benzene rings is 2. The van der Waals surface area contributed by atoms with Gasteiger partial charge in [0.1, 0.15) is 10.9 Å². The Hall–Kier alpha value is -2.93. The molecular weight excluding hydrogens is 398 g/mol. The third-order valence-corrected chi connectivity index (χ3v) is 7.41. The summed E-state index contributed by atoms with van der Waals surface area (Å²) in [6.07, 6.45) is 4.51. The predicted octanol–water partition coefficient (Wildman–Crippen LogP) is 2.92. The summed E-state index contributed by atoms with van der Waals surface area (Å²) in [5.41, 5.74) is 3.07. The number of sulfonamides is 1. The maximum atomic E-state index is 13.3. The zero-order chi connectivity index (χ0) is 20.7. The summed E-state index contributed by atoms with van der Waals surface area (Å²) >= 11 is 0. The van der Waals surface area contributed by atoms with Gasteiger partial charge in [-0.3, -0.25) is 4.79 Å². The van der Waals surface area contributed by atoms with E-state index in [-0.39, 0.29) is 16.8 Å². The average molecular weight is 422 g/mol. The number of rotatable bonds is 2. The Morgan fingerprint density at radius 1 is 1.00 bits per heavy atom. The number of hydrogen-bond donors (Lipinski definition) is 0. The van der Waals surface area contributed by atoms with Gasteiger partial charge in [-0.25, -0.2) is 0 Å². The van der Waals surface area contributed by atoms with Gasteiger partial charge in [-0.05, 0) is 42.5 Å². The highest BCUT2D eigenvalue weighted by Crippen LogP contribution is 2.32. The van der Waals surface area contributed by atoms with E-state index in [9.17, 15) is 13.2 Å². The fraction of sp³-hybridized carbons (Fsp3) is 0.304. The van der Waals surface area contributed by atoms with Gasteiger partial charge >= 0.3 is 0 Å². The molecule has 0 N–H and O–H groups in total. The zero-order valence-electron chi connectivity index (χ0n) is 16.6. The maximum Gasteiger partial charge on any atom is 0.285 e.